The lowest BCUT2D eigenvalue weighted by atomic mass is 10.1. The SMILES string of the molecule is CC(=O)N1CCCN(c2ccc(-c3nc(-c4ccccc4C)no3)cn2)CC1. The molecule has 0 N–H and O–H groups in total. The molecule has 1 amide bonds. The predicted molar refractivity (Wildman–Crippen MR) is 107 cm³/mol. The van der Waals surface area contributed by atoms with Gasteiger partial charge in [-0.25, -0.2) is 4.98 Å². The molecular formula is C21H23N5O2. The van der Waals surface area contributed by atoms with E-state index in [4.69, 9.17) is 4.52 Å². The maximum atomic E-state index is 11.6. The highest BCUT2D eigenvalue weighted by molar-refractivity contribution is 5.73. The number of carbonyl (C=O) groups is 1. The van der Waals surface area contributed by atoms with Crippen molar-refractivity contribution in [1.82, 2.24) is 20.0 Å². The summed E-state index contributed by atoms with van der Waals surface area (Å²) in [6.45, 7) is 6.84. The highest BCUT2D eigenvalue weighted by Gasteiger charge is 2.18. The van der Waals surface area contributed by atoms with Gasteiger partial charge in [-0.1, -0.05) is 29.4 Å². The number of rotatable bonds is 3. The van der Waals surface area contributed by atoms with Crippen LogP contribution < -0.4 is 4.90 Å². The van der Waals surface area contributed by atoms with Crippen molar-refractivity contribution >= 4 is 11.7 Å². The first-order chi connectivity index (χ1) is 13.6. The zero-order valence-corrected chi connectivity index (χ0v) is 16.1. The number of carbonyl (C=O) groups excluding carboxylic acids is 1. The highest BCUT2D eigenvalue weighted by atomic mass is 16.5. The number of anilines is 1. The summed E-state index contributed by atoms with van der Waals surface area (Å²) in [6, 6.07) is 11.9. The van der Waals surface area contributed by atoms with Gasteiger partial charge in [-0.05, 0) is 31.0 Å². The Morgan fingerprint density at radius 2 is 1.93 bits per heavy atom. The number of pyridine rings is 1. The van der Waals surface area contributed by atoms with Gasteiger partial charge in [0.15, 0.2) is 0 Å². The first kappa shape index (κ1) is 18.2. The number of aryl methyl sites for hydroxylation is 1. The summed E-state index contributed by atoms with van der Waals surface area (Å²) >= 11 is 0. The molecule has 28 heavy (non-hydrogen) atoms. The normalized spacial score (nSPS) is 14.8. The first-order valence-electron chi connectivity index (χ1n) is 9.48. The number of aromatic nitrogens is 3. The van der Waals surface area contributed by atoms with Crippen LogP contribution in [0.4, 0.5) is 5.82 Å². The first-order valence-corrected chi connectivity index (χ1v) is 9.48. The topological polar surface area (TPSA) is 75.4 Å². The third kappa shape index (κ3) is 3.74. The van der Waals surface area contributed by atoms with E-state index in [-0.39, 0.29) is 5.91 Å². The van der Waals surface area contributed by atoms with E-state index in [1.165, 1.54) is 0 Å². The molecule has 0 bridgehead atoms. The van der Waals surface area contributed by atoms with Gasteiger partial charge in [-0.15, -0.1) is 0 Å². The van der Waals surface area contributed by atoms with Crippen molar-refractivity contribution in [2.24, 2.45) is 0 Å². The Hall–Kier alpha value is -3.22. The summed E-state index contributed by atoms with van der Waals surface area (Å²) in [5.41, 5.74) is 2.85. The maximum absolute atomic E-state index is 11.6. The molecule has 2 aromatic heterocycles. The minimum absolute atomic E-state index is 0.131. The molecule has 3 aromatic rings. The minimum atomic E-state index is 0.131. The smallest absolute Gasteiger partial charge is 0.259 e. The lowest BCUT2D eigenvalue weighted by Crippen LogP contribution is -2.33. The molecule has 144 valence electrons. The summed E-state index contributed by atoms with van der Waals surface area (Å²) in [5, 5.41) is 4.11. The van der Waals surface area contributed by atoms with Crippen molar-refractivity contribution in [3.05, 3.63) is 48.2 Å². The van der Waals surface area contributed by atoms with Gasteiger partial charge in [0.1, 0.15) is 5.82 Å². The molecule has 0 unspecified atom stereocenters. The molecule has 1 aliphatic rings. The van der Waals surface area contributed by atoms with Crippen molar-refractivity contribution in [2.75, 3.05) is 31.1 Å². The summed E-state index contributed by atoms with van der Waals surface area (Å²) in [4.78, 5) is 24.8. The molecule has 1 aliphatic heterocycles. The quantitative estimate of drug-likeness (QED) is 0.698. The Kier molecular flexibility index (Phi) is 5.06. The summed E-state index contributed by atoms with van der Waals surface area (Å²) < 4.78 is 5.45. The summed E-state index contributed by atoms with van der Waals surface area (Å²) in [7, 11) is 0. The van der Waals surface area contributed by atoms with E-state index in [0.717, 1.165) is 55.1 Å². The Morgan fingerprint density at radius 3 is 2.68 bits per heavy atom. The van der Waals surface area contributed by atoms with Gasteiger partial charge in [0, 0.05) is 44.9 Å². The van der Waals surface area contributed by atoms with Crippen LogP contribution in [0.1, 0.15) is 18.9 Å². The summed E-state index contributed by atoms with van der Waals surface area (Å²) in [6.07, 6.45) is 2.70. The van der Waals surface area contributed by atoms with Gasteiger partial charge >= 0.3 is 0 Å². The number of amides is 1. The second kappa shape index (κ2) is 7.80. The molecule has 7 heteroatoms. The monoisotopic (exact) mass is 377 g/mol. The Bertz CT molecular complexity index is 967. The van der Waals surface area contributed by atoms with Crippen molar-refractivity contribution < 1.29 is 9.32 Å². The molecule has 3 heterocycles. The molecule has 0 radical (unpaired) electrons. The van der Waals surface area contributed by atoms with E-state index in [2.05, 4.69) is 20.0 Å². The van der Waals surface area contributed by atoms with Crippen molar-refractivity contribution in [3.63, 3.8) is 0 Å². The van der Waals surface area contributed by atoms with Gasteiger partial charge in [0.2, 0.25) is 11.7 Å². The third-order valence-corrected chi connectivity index (χ3v) is 5.07. The van der Waals surface area contributed by atoms with Crippen molar-refractivity contribution in [2.45, 2.75) is 20.3 Å². The molecule has 0 spiro atoms. The van der Waals surface area contributed by atoms with Crippen LogP contribution >= 0.6 is 0 Å². The van der Waals surface area contributed by atoms with E-state index in [9.17, 15) is 4.79 Å². The van der Waals surface area contributed by atoms with Crippen LogP contribution in [0.3, 0.4) is 0 Å². The minimum Gasteiger partial charge on any atom is -0.355 e. The number of benzene rings is 1. The van der Waals surface area contributed by atoms with Gasteiger partial charge in [0.25, 0.3) is 5.89 Å². The van der Waals surface area contributed by atoms with Crippen LogP contribution in [0.25, 0.3) is 22.8 Å². The summed E-state index contributed by atoms with van der Waals surface area (Å²) in [5.74, 6) is 2.06. The molecule has 4 rings (SSSR count). The van der Waals surface area contributed by atoms with E-state index < -0.39 is 0 Å². The van der Waals surface area contributed by atoms with Crippen LogP contribution in [0.15, 0.2) is 47.1 Å². The van der Waals surface area contributed by atoms with E-state index in [0.29, 0.717) is 11.7 Å². The molecule has 0 atom stereocenters. The van der Waals surface area contributed by atoms with Crippen molar-refractivity contribution in [1.29, 1.82) is 0 Å². The van der Waals surface area contributed by atoms with Crippen LogP contribution in [0, 0.1) is 6.92 Å². The zero-order chi connectivity index (χ0) is 19.5. The maximum Gasteiger partial charge on any atom is 0.259 e. The van der Waals surface area contributed by atoms with E-state index in [1.807, 2.05) is 48.2 Å². The fraction of sp³-hybridized carbons (Fsp3) is 0.333. The average Bonchev–Trinajstić information content (AvgIpc) is 3.05. The van der Waals surface area contributed by atoms with Crippen LogP contribution in [-0.2, 0) is 4.79 Å². The Balaban J connectivity index is 1.50. The van der Waals surface area contributed by atoms with Crippen LogP contribution in [0.2, 0.25) is 0 Å². The van der Waals surface area contributed by atoms with Gasteiger partial charge in [-0.3, -0.25) is 4.79 Å². The van der Waals surface area contributed by atoms with Gasteiger partial charge in [0.05, 0.1) is 5.56 Å². The van der Waals surface area contributed by atoms with Crippen molar-refractivity contribution in [3.8, 4) is 22.8 Å². The fourth-order valence-corrected chi connectivity index (χ4v) is 3.43. The molecule has 1 aromatic carbocycles. The fourth-order valence-electron chi connectivity index (χ4n) is 3.43. The Labute approximate surface area is 164 Å². The highest BCUT2D eigenvalue weighted by Crippen LogP contribution is 2.25. The van der Waals surface area contributed by atoms with E-state index >= 15 is 0 Å². The molecule has 1 fully saturated rings. The number of hydrogen-bond donors (Lipinski definition) is 0. The van der Waals surface area contributed by atoms with Gasteiger partial charge in [-0.2, -0.15) is 4.98 Å². The molecular weight excluding hydrogens is 354 g/mol. The number of nitrogens with zero attached hydrogens (tertiary/aromatic N) is 5. The lowest BCUT2D eigenvalue weighted by Gasteiger charge is -2.22. The van der Waals surface area contributed by atoms with Crippen LogP contribution in [0.5, 0.6) is 0 Å². The van der Waals surface area contributed by atoms with Crippen LogP contribution in [-0.4, -0.2) is 52.1 Å². The van der Waals surface area contributed by atoms with E-state index in [1.54, 1.807) is 13.1 Å². The molecule has 0 aliphatic carbocycles. The largest absolute Gasteiger partial charge is 0.355 e. The second-order valence-electron chi connectivity index (χ2n) is 6.99. The molecule has 7 nitrogen and oxygen atoms in total. The number of hydrogen-bond acceptors (Lipinski definition) is 6. The zero-order valence-electron chi connectivity index (χ0n) is 16.1. The average molecular weight is 377 g/mol. The standard InChI is InChI=1S/C21H23N5O2/c1-15-6-3-4-7-18(15)20-23-21(28-24-20)17-8-9-19(22-14-17)26-11-5-10-25(12-13-26)16(2)27/h3-4,6-9,14H,5,10-13H2,1-2H3. The second-order valence-corrected chi connectivity index (χ2v) is 6.99. The van der Waals surface area contributed by atoms with Gasteiger partial charge < -0.3 is 14.3 Å². The molecule has 1 saturated heterocycles. The Morgan fingerprint density at radius 1 is 1.07 bits per heavy atom. The predicted octanol–water partition coefficient (Wildman–Crippen LogP) is 3.17. The third-order valence-electron chi connectivity index (χ3n) is 5.07. The molecule has 0 saturated carbocycles. The lowest BCUT2D eigenvalue weighted by molar-refractivity contribution is -0.128.